The van der Waals surface area contributed by atoms with Gasteiger partial charge in [0.05, 0.1) is 26.2 Å². The number of piperazine rings is 1. The van der Waals surface area contributed by atoms with Gasteiger partial charge in [0, 0.05) is 11.1 Å². The van der Waals surface area contributed by atoms with Crippen molar-refractivity contribution in [3.8, 4) is 0 Å². The summed E-state index contributed by atoms with van der Waals surface area (Å²) < 4.78 is 26.6. The highest BCUT2D eigenvalue weighted by Gasteiger charge is 2.28. The summed E-state index contributed by atoms with van der Waals surface area (Å²) in [4.78, 5) is 13.5. The molecular weight excluding hydrogens is 398 g/mol. The number of aryl methyl sites for hydroxylation is 2. The Bertz CT molecular complexity index is 1030. The smallest absolute Gasteiger partial charge is 0.279 e. The number of anilines is 1. The zero-order valence-electron chi connectivity index (χ0n) is 17.0. The van der Waals surface area contributed by atoms with E-state index < -0.39 is 10.0 Å². The number of nitrogens with zero attached hydrogens (tertiary/aromatic N) is 1. The van der Waals surface area contributed by atoms with Crippen molar-refractivity contribution in [1.82, 2.24) is 4.31 Å². The first-order valence-electron chi connectivity index (χ1n) is 10.5. The molecule has 7 heteroatoms. The summed E-state index contributed by atoms with van der Waals surface area (Å²) in [5, 5.41) is 4.27. The number of quaternary nitrogens is 1. The number of rotatable bonds is 6. The maximum atomic E-state index is 12.6. The molecule has 0 saturated carbocycles. The van der Waals surface area contributed by atoms with Gasteiger partial charge in [-0.15, -0.1) is 0 Å². The van der Waals surface area contributed by atoms with E-state index in [9.17, 15) is 13.2 Å². The zero-order chi connectivity index (χ0) is 21.0. The highest BCUT2D eigenvalue weighted by atomic mass is 32.2. The number of carbonyl (C=O) groups excluding carboxylic acids is 1. The van der Waals surface area contributed by atoms with Gasteiger partial charge in [0.1, 0.15) is 0 Å². The number of sulfonamides is 1. The second-order valence-corrected chi connectivity index (χ2v) is 9.79. The Morgan fingerprint density at radius 3 is 2.53 bits per heavy atom. The van der Waals surface area contributed by atoms with Gasteiger partial charge in [-0.3, -0.25) is 4.79 Å². The predicted octanol–water partition coefficient (Wildman–Crippen LogP) is 1.32. The monoisotopic (exact) mass is 426 g/mol. The largest absolute Gasteiger partial charge is 0.325 e. The van der Waals surface area contributed by atoms with E-state index in [-0.39, 0.29) is 5.91 Å². The summed E-state index contributed by atoms with van der Waals surface area (Å²) in [5.41, 5.74) is 4.43. The average Bonchev–Trinajstić information content (AvgIpc) is 3.21. The van der Waals surface area contributed by atoms with Gasteiger partial charge < -0.3 is 10.2 Å². The maximum Gasteiger partial charge on any atom is 0.279 e. The first kappa shape index (κ1) is 20.8. The molecule has 1 aliphatic heterocycles. The van der Waals surface area contributed by atoms with E-state index in [1.165, 1.54) is 27.3 Å². The lowest BCUT2D eigenvalue weighted by molar-refractivity contribution is -0.895. The molecule has 6 nitrogen and oxygen atoms in total. The van der Waals surface area contributed by atoms with Crippen molar-refractivity contribution in [1.29, 1.82) is 0 Å². The quantitative estimate of drug-likeness (QED) is 0.732. The normalized spacial score (nSPS) is 17.9. The number of benzene rings is 2. The van der Waals surface area contributed by atoms with E-state index in [0.717, 1.165) is 29.0 Å². The molecule has 2 aliphatic rings. The van der Waals surface area contributed by atoms with Crippen LogP contribution < -0.4 is 10.2 Å². The van der Waals surface area contributed by atoms with Crippen LogP contribution in [0.25, 0.3) is 6.08 Å². The minimum Gasteiger partial charge on any atom is -0.325 e. The molecule has 4 rings (SSSR count). The van der Waals surface area contributed by atoms with Gasteiger partial charge in [0.15, 0.2) is 6.54 Å². The number of hydrogen-bond acceptors (Lipinski definition) is 3. The molecule has 1 saturated heterocycles. The van der Waals surface area contributed by atoms with E-state index in [0.29, 0.717) is 32.7 Å². The summed E-state index contributed by atoms with van der Waals surface area (Å²) in [5.74, 6) is -0.0248. The van der Waals surface area contributed by atoms with Crippen molar-refractivity contribution in [3.63, 3.8) is 0 Å². The summed E-state index contributed by atoms with van der Waals surface area (Å²) >= 11 is 0. The van der Waals surface area contributed by atoms with Crippen molar-refractivity contribution in [2.24, 2.45) is 0 Å². The number of carbonyl (C=O) groups is 1. The highest BCUT2D eigenvalue weighted by molar-refractivity contribution is 7.92. The molecule has 1 amide bonds. The van der Waals surface area contributed by atoms with E-state index in [2.05, 4.69) is 17.4 Å². The lowest BCUT2D eigenvalue weighted by atomic mass is 10.1. The molecule has 1 aliphatic carbocycles. The number of nitrogens with one attached hydrogen (secondary N) is 2. The van der Waals surface area contributed by atoms with Gasteiger partial charge in [-0.25, -0.2) is 8.42 Å². The first-order chi connectivity index (χ1) is 14.5. The lowest BCUT2D eigenvalue weighted by Crippen LogP contribution is -3.15. The molecule has 2 aromatic carbocycles. The van der Waals surface area contributed by atoms with Crippen LogP contribution >= 0.6 is 0 Å². The Morgan fingerprint density at radius 1 is 1.03 bits per heavy atom. The van der Waals surface area contributed by atoms with Crippen LogP contribution in [0.15, 0.2) is 53.9 Å². The molecule has 0 radical (unpaired) electrons. The Labute approximate surface area is 178 Å². The van der Waals surface area contributed by atoms with Crippen LogP contribution in [0.3, 0.4) is 0 Å². The minimum absolute atomic E-state index is 0.0248. The van der Waals surface area contributed by atoms with Crippen LogP contribution in [0.2, 0.25) is 0 Å². The summed E-state index contributed by atoms with van der Waals surface area (Å²) in [6.45, 7) is 2.43. The van der Waals surface area contributed by atoms with Gasteiger partial charge in [0.2, 0.25) is 10.0 Å². The molecule has 0 unspecified atom stereocenters. The Morgan fingerprint density at radius 2 is 1.77 bits per heavy atom. The van der Waals surface area contributed by atoms with E-state index >= 15 is 0 Å². The molecule has 0 atom stereocenters. The SMILES string of the molecule is O=C(C[NH+]1CCN(S(=O)(=O)/C=C/c2ccccc2)CC1)Nc1ccc2c(c1)CCC2. The second-order valence-electron chi connectivity index (χ2n) is 7.97. The highest BCUT2D eigenvalue weighted by Crippen LogP contribution is 2.24. The van der Waals surface area contributed by atoms with Crippen LogP contribution in [0.1, 0.15) is 23.1 Å². The molecule has 1 heterocycles. The number of amides is 1. The molecule has 2 aromatic rings. The number of fused-ring (bicyclic) bond motifs is 1. The van der Waals surface area contributed by atoms with Crippen LogP contribution in [0, 0.1) is 0 Å². The molecule has 1 fully saturated rings. The van der Waals surface area contributed by atoms with Crippen molar-refractivity contribution < 1.29 is 18.1 Å². The Balaban J connectivity index is 1.27. The maximum absolute atomic E-state index is 12.6. The predicted molar refractivity (Wildman–Crippen MR) is 119 cm³/mol. The number of hydrogen-bond donors (Lipinski definition) is 2. The average molecular weight is 427 g/mol. The van der Waals surface area contributed by atoms with Crippen LogP contribution in [-0.4, -0.2) is 51.4 Å². The summed E-state index contributed by atoms with van der Waals surface area (Å²) in [6.07, 6.45) is 5.02. The summed E-state index contributed by atoms with van der Waals surface area (Å²) in [7, 11) is -3.45. The molecular formula is C23H28N3O3S+. The zero-order valence-corrected chi connectivity index (χ0v) is 17.8. The lowest BCUT2D eigenvalue weighted by Gasteiger charge is -2.30. The van der Waals surface area contributed by atoms with Crippen LogP contribution in [-0.2, 0) is 27.7 Å². The van der Waals surface area contributed by atoms with Gasteiger partial charge in [-0.2, -0.15) is 4.31 Å². The van der Waals surface area contributed by atoms with Crippen LogP contribution in [0.4, 0.5) is 5.69 Å². The van der Waals surface area contributed by atoms with E-state index in [1.54, 1.807) is 6.08 Å². The van der Waals surface area contributed by atoms with Crippen molar-refractivity contribution in [2.45, 2.75) is 19.3 Å². The van der Waals surface area contributed by atoms with E-state index in [4.69, 9.17) is 0 Å². The fraction of sp³-hybridized carbons (Fsp3) is 0.348. The molecule has 30 heavy (non-hydrogen) atoms. The Hall–Kier alpha value is -2.48. The standard InChI is InChI=1S/C23H27N3O3S/c27-23(24-22-10-9-20-7-4-8-21(20)17-22)18-25-12-14-26(15-13-25)30(28,29)16-11-19-5-2-1-3-6-19/h1-3,5-6,9-11,16-17H,4,7-8,12-15,18H2,(H,24,27)/p+1/b16-11+. The van der Waals surface area contributed by atoms with Crippen LogP contribution in [0.5, 0.6) is 0 Å². The molecule has 158 valence electrons. The van der Waals surface area contributed by atoms with Gasteiger partial charge >= 0.3 is 0 Å². The van der Waals surface area contributed by atoms with E-state index in [1.807, 2.05) is 36.4 Å². The van der Waals surface area contributed by atoms with Gasteiger partial charge in [-0.05, 0) is 54.2 Å². The third kappa shape index (κ3) is 5.16. The Kier molecular flexibility index (Phi) is 6.32. The van der Waals surface area contributed by atoms with Crippen molar-refractivity contribution in [2.75, 3.05) is 38.0 Å². The minimum atomic E-state index is -3.45. The third-order valence-corrected chi connectivity index (χ3v) is 7.38. The van der Waals surface area contributed by atoms with Gasteiger partial charge in [0.25, 0.3) is 5.91 Å². The molecule has 0 spiro atoms. The second kappa shape index (κ2) is 9.12. The van der Waals surface area contributed by atoms with Crippen molar-refractivity contribution in [3.05, 3.63) is 70.6 Å². The van der Waals surface area contributed by atoms with Gasteiger partial charge in [-0.1, -0.05) is 36.4 Å². The molecule has 0 aromatic heterocycles. The fourth-order valence-electron chi connectivity index (χ4n) is 4.13. The van der Waals surface area contributed by atoms with Crippen molar-refractivity contribution >= 4 is 27.7 Å². The molecule has 0 bridgehead atoms. The fourth-order valence-corrected chi connectivity index (χ4v) is 5.32. The topological polar surface area (TPSA) is 70.9 Å². The first-order valence-corrected chi connectivity index (χ1v) is 12.0. The molecule has 2 N–H and O–H groups in total. The third-order valence-electron chi connectivity index (χ3n) is 5.81. The summed E-state index contributed by atoms with van der Waals surface area (Å²) in [6, 6.07) is 15.6.